The lowest BCUT2D eigenvalue weighted by molar-refractivity contribution is -0.120. The predicted octanol–water partition coefficient (Wildman–Crippen LogP) is 1.49. The van der Waals surface area contributed by atoms with Crippen molar-refractivity contribution in [2.75, 3.05) is 43.5 Å². The Morgan fingerprint density at radius 3 is 2.34 bits per heavy atom. The van der Waals surface area contributed by atoms with Gasteiger partial charge in [-0.3, -0.25) is 9.69 Å². The molecule has 29 heavy (non-hydrogen) atoms. The van der Waals surface area contributed by atoms with Gasteiger partial charge in [0.05, 0.1) is 18.0 Å². The Balaban J connectivity index is 1.55. The fraction of sp³-hybridized carbons (Fsp3) is 0.350. The summed E-state index contributed by atoms with van der Waals surface area (Å²) in [4.78, 5) is 17.0. The maximum atomic E-state index is 12.6. The first-order valence-electron chi connectivity index (χ1n) is 9.35. The molecule has 1 amide bonds. The summed E-state index contributed by atoms with van der Waals surface area (Å²) < 4.78 is 27.9. The van der Waals surface area contributed by atoms with Crippen LogP contribution in [0.1, 0.15) is 6.92 Å². The minimum Gasteiger partial charge on any atom is -0.497 e. The third-order valence-corrected chi connectivity index (χ3v) is 6.04. The van der Waals surface area contributed by atoms with Gasteiger partial charge in [-0.25, -0.2) is 13.6 Å². The van der Waals surface area contributed by atoms with Crippen LogP contribution in [0.4, 0.5) is 11.4 Å². The minimum atomic E-state index is -3.75. The molecule has 1 saturated heterocycles. The number of nitrogens with one attached hydrogen (secondary N) is 1. The van der Waals surface area contributed by atoms with Gasteiger partial charge in [-0.1, -0.05) is 6.07 Å². The molecule has 1 heterocycles. The average Bonchev–Trinajstić information content (AvgIpc) is 2.73. The van der Waals surface area contributed by atoms with E-state index in [2.05, 4.69) is 21.2 Å². The number of carbonyl (C=O) groups excluding carboxylic acids is 1. The number of nitrogens with zero attached hydrogens (tertiary/aromatic N) is 2. The Hall–Kier alpha value is -2.62. The molecule has 2 aromatic carbocycles. The lowest BCUT2D eigenvalue weighted by Crippen LogP contribution is -2.52. The smallest absolute Gasteiger partial charge is 0.241 e. The van der Waals surface area contributed by atoms with Crippen LogP contribution >= 0.6 is 0 Å². The number of nitrogens with two attached hydrogens (primary N) is 1. The molecular formula is C20H26N4O4S. The number of piperazine rings is 1. The molecule has 8 nitrogen and oxygen atoms in total. The first kappa shape index (κ1) is 21.1. The van der Waals surface area contributed by atoms with Crippen LogP contribution in [0.5, 0.6) is 5.75 Å². The average molecular weight is 419 g/mol. The highest BCUT2D eigenvalue weighted by molar-refractivity contribution is 7.89. The van der Waals surface area contributed by atoms with E-state index in [4.69, 9.17) is 9.88 Å². The van der Waals surface area contributed by atoms with E-state index in [0.717, 1.165) is 37.6 Å². The van der Waals surface area contributed by atoms with Crippen molar-refractivity contribution in [2.24, 2.45) is 5.14 Å². The molecule has 3 N–H and O–H groups in total. The highest BCUT2D eigenvalue weighted by Gasteiger charge is 2.26. The highest BCUT2D eigenvalue weighted by atomic mass is 32.2. The van der Waals surface area contributed by atoms with Crippen molar-refractivity contribution in [3.8, 4) is 5.75 Å². The summed E-state index contributed by atoms with van der Waals surface area (Å²) in [6.07, 6.45) is 0. The van der Waals surface area contributed by atoms with Crippen molar-refractivity contribution < 1.29 is 17.9 Å². The number of rotatable bonds is 6. The van der Waals surface area contributed by atoms with Crippen LogP contribution in [0.2, 0.25) is 0 Å². The maximum Gasteiger partial charge on any atom is 0.241 e. The summed E-state index contributed by atoms with van der Waals surface area (Å²) in [6.45, 7) is 5.02. The summed E-state index contributed by atoms with van der Waals surface area (Å²) >= 11 is 0. The number of benzene rings is 2. The molecule has 1 aliphatic heterocycles. The van der Waals surface area contributed by atoms with Gasteiger partial charge >= 0.3 is 0 Å². The predicted molar refractivity (Wildman–Crippen MR) is 113 cm³/mol. The van der Waals surface area contributed by atoms with E-state index in [9.17, 15) is 13.2 Å². The SMILES string of the molecule is COc1cccc(N2CCN([C@@H](C)C(=O)Nc3ccc(S(N)(=O)=O)cc3)CC2)c1. The van der Waals surface area contributed by atoms with Crippen molar-refractivity contribution >= 4 is 27.3 Å². The third-order valence-electron chi connectivity index (χ3n) is 5.11. The summed E-state index contributed by atoms with van der Waals surface area (Å²) in [7, 11) is -2.10. The van der Waals surface area contributed by atoms with Crippen LogP contribution < -0.4 is 20.1 Å². The zero-order valence-electron chi connectivity index (χ0n) is 16.5. The highest BCUT2D eigenvalue weighted by Crippen LogP contribution is 2.22. The van der Waals surface area contributed by atoms with E-state index in [1.807, 2.05) is 25.1 Å². The van der Waals surface area contributed by atoms with Crippen LogP contribution in [0.15, 0.2) is 53.4 Å². The van der Waals surface area contributed by atoms with Crippen LogP contribution in [0.25, 0.3) is 0 Å². The first-order valence-corrected chi connectivity index (χ1v) is 10.9. The van der Waals surface area contributed by atoms with Gasteiger partial charge in [0.15, 0.2) is 0 Å². The number of hydrogen-bond acceptors (Lipinski definition) is 6. The Morgan fingerprint density at radius 1 is 1.10 bits per heavy atom. The number of amides is 1. The molecular weight excluding hydrogens is 392 g/mol. The number of carbonyl (C=O) groups is 1. The summed E-state index contributed by atoms with van der Waals surface area (Å²) in [5.41, 5.74) is 1.64. The molecule has 3 rings (SSSR count). The zero-order valence-corrected chi connectivity index (χ0v) is 17.4. The molecule has 0 aliphatic carbocycles. The number of sulfonamides is 1. The van der Waals surface area contributed by atoms with Crippen molar-refractivity contribution in [2.45, 2.75) is 17.9 Å². The lowest BCUT2D eigenvalue weighted by atomic mass is 10.2. The minimum absolute atomic E-state index is 0.0113. The Kier molecular flexibility index (Phi) is 6.41. The van der Waals surface area contributed by atoms with Gasteiger partial charge in [0.1, 0.15) is 5.75 Å². The summed E-state index contributed by atoms with van der Waals surface area (Å²) in [5.74, 6) is 0.689. The van der Waals surface area contributed by atoms with E-state index in [-0.39, 0.29) is 16.8 Å². The third kappa shape index (κ3) is 5.26. The molecule has 0 spiro atoms. The van der Waals surface area contributed by atoms with E-state index in [1.54, 1.807) is 7.11 Å². The van der Waals surface area contributed by atoms with Gasteiger partial charge < -0.3 is 15.0 Å². The fourth-order valence-corrected chi connectivity index (χ4v) is 3.83. The molecule has 0 radical (unpaired) electrons. The van der Waals surface area contributed by atoms with Crippen LogP contribution in [-0.2, 0) is 14.8 Å². The van der Waals surface area contributed by atoms with Crippen molar-refractivity contribution in [3.63, 3.8) is 0 Å². The molecule has 0 saturated carbocycles. The second-order valence-electron chi connectivity index (χ2n) is 6.96. The molecule has 156 valence electrons. The lowest BCUT2D eigenvalue weighted by Gasteiger charge is -2.38. The van der Waals surface area contributed by atoms with Gasteiger partial charge in [-0.05, 0) is 43.3 Å². The molecule has 1 fully saturated rings. The van der Waals surface area contributed by atoms with E-state index < -0.39 is 10.0 Å². The van der Waals surface area contributed by atoms with E-state index in [1.165, 1.54) is 24.3 Å². The monoisotopic (exact) mass is 418 g/mol. The molecule has 0 unspecified atom stereocenters. The van der Waals surface area contributed by atoms with Gasteiger partial charge in [-0.15, -0.1) is 0 Å². The quantitative estimate of drug-likeness (QED) is 0.737. The van der Waals surface area contributed by atoms with Gasteiger partial charge in [0.2, 0.25) is 15.9 Å². The van der Waals surface area contributed by atoms with Crippen LogP contribution in [0, 0.1) is 0 Å². The summed E-state index contributed by atoms with van der Waals surface area (Å²) in [5, 5.41) is 7.92. The van der Waals surface area contributed by atoms with E-state index in [0.29, 0.717) is 5.69 Å². The standard InChI is InChI=1S/C20H26N4O4S/c1-15(20(25)22-16-6-8-19(9-7-16)29(21,26)27)23-10-12-24(13-11-23)17-4-3-5-18(14-17)28-2/h3-9,14-15H,10-13H2,1-2H3,(H,22,25)(H2,21,26,27)/t15-/m0/s1. The van der Waals surface area contributed by atoms with Crippen molar-refractivity contribution in [3.05, 3.63) is 48.5 Å². The Morgan fingerprint density at radius 2 is 1.76 bits per heavy atom. The Bertz CT molecular complexity index is 955. The van der Waals surface area contributed by atoms with Crippen molar-refractivity contribution in [1.82, 2.24) is 4.90 Å². The van der Waals surface area contributed by atoms with Crippen LogP contribution in [-0.4, -0.2) is 58.6 Å². The Labute approximate surface area is 171 Å². The normalized spacial score (nSPS) is 16.3. The number of primary sulfonamides is 1. The topological polar surface area (TPSA) is 105 Å². The maximum absolute atomic E-state index is 12.6. The molecule has 0 bridgehead atoms. The molecule has 2 aromatic rings. The molecule has 0 aromatic heterocycles. The van der Waals surface area contributed by atoms with Gasteiger partial charge in [0.25, 0.3) is 0 Å². The number of ether oxygens (including phenoxy) is 1. The number of methoxy groups -OCH3 is 1. The molecule has 1 aliphatic rings. The van der Waals surface area contributed by atoms with Gasteiger partial charge in [0, 0.05) is 43.6 Å². The van der Waals surface area contributed by atoms with Crippen molar-refractivity contribution in [1.29, 1.82) is 0 Å². The van der Waals surface area contributed by atoms with E-state index >= 15 is 0 Å². The fourth-order valence-electron chi connectivity index (χ4n) is 3.32. The largest absolute Gasteiger partial charge is 0.497 e. The van der Waals surface area contributed by atoms with Crippen LogP contribution in [0.3, 0.4) is 0 Å². The molecule has 1 atom stereocenters. The summed E-state index contributed by atoms with van der Waals surface area (Å²) in [6, 6.07) is 13.5. The zero-order chi connectivity index (χ0) is 21.0. The second-order valence-corrected chi connectivity index (χ2v) is 8.52. The van der Waals surface area contributed by atoms with Gasteiger partial charge in [-0.2, -0.15) is 0 Å². The molecule has 9 heteroatoms. The number of anilines is 2. The second kappa shape index (κ2) is 8.81. The first-order chi connectivity index (χ1) is 13.8. The number of hydrogen-bond donors (Lipinski definition) is 2.